The van der Waals surface area contributed by atoms with E-state index in [2.05, 4.69) is 42.6 Å². The third-order valence-corrected chi connectivity index (χ3v) is 2.90. The Hall–Kier alpha value is -0.600. The summed E-state index contributed by atoms with van der Waals surface area (Å²) in [7, 11) is 0. The third-order valence-electron chi connectivity index (χ3n) is 2.20. The molecule has 0 fully saturated rings. The zero-order chi connectivity index (χ0) is 9.68. The summed E-state index contributed by atoms with van der Waals surface area (Å²) in [6.07, 6.45) is 1.06. The standard InChI is InChI=1S/C11H17NS/c1-4-9(2)7-12-10(3)11-5-6-13-8-11/h5-6,8,10,12H,2,4,7H2,1,3H3. The van der Waals surface area contributed by atoms with Crippen molar-refractivity contribution in [2.45, 2.75) is 26.3 Å². The van der Waals surface area contributed by atoms with Crippen molar-refractivity contribution in [1.82, 2.24) is 5.32 Å². The van der Waals surface area contributed by atoms with E-state index in [-0.39, 0.29) is 0 Å². The number of nitrogens with one attached hydrogen (secondary N) is 1. The van der Waals surface area contributed by atoms with Crippen molar-refractivity contribution in [3.8, 4) is 0 Å². The summed E-state index contributed by atoms with van der Waals surface area (Å²) < 4.78 is 0. The molecule has 0 aliphatic carbocycles. The van der Waals surface area contributed by atoms with Crippen LogP contribution >= 0.6 is 11.3 Å². The molecule has 1 rings (SSSR count). The van der Waals surface area contributed by atoms with Crippen molar-refractivity contribution in [3.05, 3.63) is 34.5 Å². The summed E-state index contributed by atoms with van der Waals surface area (Å²) >= 11 is 1.75. The minimum absolute atomic E-state index is 0.439. The molecule has 1 unspecified atom stereocenters. The number of rotatable bonds is 5. The van der Waals surface area contributed by atoms with Gasteiger partial charge in [-0.15, -0.1) is 0 Å². The van der Waals surface area contributed by atoms with Crippen molar-refractivity contribution in [2.24, 2.45) is 0 Å². The second-order valence-electron chi connectivity index (χ2n) is 3.26. The average Bonchev–Trinajstić information content (AvgIpc) is 2.66. The van der Waals surface area contributed by atoms with E-state index in [9.17, 15) is 0 Å². The molecule has 0 spiro atoms. The highest BCUT2D eigenvalue weighted by Crippen LogP contribution is 2.15. The molecule has 1 nitrogen and oxygen atoms in total. The quantitative estimate of drug-likeness (QED) is 0.710. The van der Waals surface area contributed by atoms with Gasteiger partial charge < -0.3 is 5.32 Å². The van der Waals surface area contributed by atoms with Gasteiger partial charge >= 0.3 is 0 Å². The Bertz CT molecular complexity index is 251. The fourth-order valence-corrected chi connectivity index (χ4v) is 1.82. The van der Waals surface area contributed by atoms with Gasteiger partial charge in [-0.1, -0.05) is 19.1 Å². The van der Waals surface area contributed by atoms with Gasteiger partial charge in [0.25, 0.3) is 0 Å². The van der Waals surface area contributed by atoms with E-state index in [0.717, 1.165) is 13.0 Å². The van der Waals surface area contributed by atoms with Crippen LogP contribution in [-0.2, 0) is 0 Å². The Morgan fingerprint density at radius 2 is 2.46 bits per heavy atom. The van der Waals surface area contributed by atoms with Gasteiger partial charge in [-0.25, -0.2) is 0 Å². The predicted octanol–water partition coefficient (Wildman–Crippen LogP) is 3.36. The van der Waals surface area contributed by atoms with Crippen LogP contribution in [0.4, 0.5) is 0 Å². The molecule has 0 saturated carbocycles. The van der Waals surface area contributed by atoms with E-state index >= 15 is 0 Å². The van der Waals surface area contributed by atoms with Gasteiger partial charge in [-0.05, 0) is 35.7 Å². The molecular weight excluding hydrogens is 178 g/mol. The first kappa shape index (κ1) is 10.5. The number of hydrogen-bond acceptors (Lipinski definition) is 2. The van der Waals surface area contributed by atoms with Crippen LogP contribution in [0.2, 0.25) is 0 Å². The summed E-state index contributed by atoms with van der Waals surface area (Å²) in [5.74, 6) is 0. The van der Waals surface area contributed by atoms with Gasteiger partial charge in [0.1, 0.15) is 0 Å². The molecule has 2 heteroatoms. The molecule has 0 aliphatic heterocycles. The molecule has 1 heterocycles. The maximum Gasteiger partial charge on any atom is 0.0303 e. The van der Waals surface area contributed by atoms with E-state index in [1.165, 1.54) is 11.1 Å². The molecule has 0 aliphatic rings. The minimum atomic E-state index is 0.439. The van der Waals surface area contributed by atoms with Crippen LogP contribution in [0, 0.1) is 0 Å². The normalized spacial score (nSPS) is 12.8. The summed E-state index contributed by atoms with van der Waals surface area (Å²) in [4.78, 5) is 0. The molecule has 13 heavy (non-hydrogen) atoms. The maximum atomic E-state index is 3.97. The van der Waals surface area contributed by atoms with Crippen LogP contribution in [0.15, 0.2) is 29.0 Å². The Morgan fingerprint density at radius 1 is 1.69 bits per heavy atom. The highest BCUT2D eigenvalue weighted by Gasteiger charge is 2.03. The predicted molar refractivity (Wildman–Crippen MR) is 60.2 cm³/mol. The number of hydrogen-bond donors (Lipinski definition) is 1. The lowest BCUT2D eigenvalue weighted by atomic mass is 10.1. The molecule has 1 N–H and O–H groups in total. The molecule has 1 aromatic heterocycles. The van der Waals surface area contributed by atoms with Crippen LogP contribution in [0.5, 0.6) is 0 Å². The van der Waals surface area contributed by atoms with Crippen molar-refractivity contribution in [3.63, 3.8) is 0 Å². The largest absolute Gasteiger partial charge is 0.306 e. The summed E-state index contributed by atoms with van der Waals surface area (Å²) in [6.45, 7) is 9.21. The van der Waals surface area contributed by atoms with Crippen LogP contribution in [0.1, 0.15) is 31.9 Å². The first-order valence-corrected chi connectivity index (χ1v) is 5.60. The molecule has 0 bridgehead atoms. The smallest absolute Gasteiger partial charge is 0.0303 e. The fraction of sp³-hybridized carbons (Fsp3) is 0.455. The summed E-state index contributed by atoms with van der Waals surface area (Å²) in [5, 5.41) is 7.74. The average molecular weight is 195 g/mol. The van der Waals surface area contributed by atoms with E-state index in [1.54, 1.807) is 11.3 Å². The lowest BCUT2D eigenvalue weighted by Gasteiger charge is -2.12. The lowest BCUT2D eigenvalue weighted by molar-refractivity contribution is 0.603. The van der Waals surface area contributed by atoms with Gasteiger partial charge in [0, 0.05) is 12.6 Å². The highest BCUT2D eigenvalue weighted by atomic mass is 32.1. The van der Waals surface area contributed by atoms with Gasteiger partial charge in [-0.3, -0.25) is 0 Å². The number of thiophene rings is 1. The van der Waals surface area contributed by atoms with Gasteiger partial charge in [-0.2, -0.15) is 11.3 Å². The van der Waals surface area contributed by atoms with Gasteiger partial charge in [0.05, 0.1) is 0 Å². The van der Waals surface area contributed by atoms with E-state index in [4.69, 9.17) is 0 Å². The topological polar surface area (TPSA) is 12.0 Å². The first-order chi connectivity index (χ1) is 6.24. The molecule has 1 aromatic rings. The van der Waals surface area contributed by atoms with Crippen molar-refractivity contribution in [1.29, 1.82) is 0 Å². The van der Waals surface area contributed by atoms with E-state index < -0.39 is 0 Å². The lowest BCUT2D eigenvalue weighted by Crippen LogP contribution is -2.20. The van der Waals surface area contributed by atoms with Crippen molar-refractivity contribution >= 4 is 11.3 Å². The van der Waals surface area contributed by atoms with Crippen molar-refractivity contribution in [2.75, 3.05) is 6.54 Å². The van der Waals surface area contributed by atoms with Crippen LogP contribution < -0.4 is 5.32 Å². The molecule has 0 aromatic carbocycles. The second kappa shape index (κ2) is 5.20. The van der Waals surface area contributed by atoms with Crippen LogP contribution in [-0.4, -0.2) is 6.54 Å². The first-order valence-electron chi connectivity index (χ1n) is 4.66. The van der Waals surface area contributed by atoms with Gasteiger partial charge in [0.15, 0.2) is 0 Å². The zero-order valence-electron chi connectivity index (χ0n) is 8.34. The Labute approximate surface area is 84.5 Å². The minimum Gasteiger partial charge on any atom is -0.306 e. The zero-order valence-corrected chi connectivity index (χ0v) is 9.16. The molecule has 0 amide bonds. The Morgan fingerprint density at radius 3 is 3.00 bits per heavy atom. The highest BCUT2D eigenvalue weighted by molar-refractivity contribution is 7.07. The molecule has 1 atom stereocenters. The second-order valence-corrected chi connectivity index (χ2v) is 4.04. The molecule has 72 valence electrons. The SMILES string of the molecule is C=C(CC)CNC(C)c1ccsc1. The maximum absolute atomic E-state index is 3.97. The Balaban J connectivity index is 2.34. The van der Waals surface area contributed by atoms with Crippen molar-refractivity contribution < 1.29 is 0 Å². The summed E-state index contributed by atoms with van der Waals surface area (Å²) in [5.41, 5.74) is 2.64. The Kier molecular flexibility index (Phi) is 4.19. The van der Waals surface area contributed by atoms with E-state index in [1.807, 2.05) is 0 Å². The molecule has 0 radical (unpaired) electrons. The van der Waals surface area contributed by atoms with Crippen LogP contribution in [0.3, 0.4) is 0 Å². The van der Waals surface area contributed by atoms with Gasteiger partial charge in [0.2, 0.25) is 0 Å². The molecular formula is C11H17NS. The van der Waals surface area contributed by atoms with E-state index in [0.29, 0.717) is 6.04 Å². The molecule has 0 saturated heterocycles. The monoisotopic (exact) mass is 195 g/mol. The third kappa shape index (κ3) is 3.33. The summed E-state index contributed by atoms with van der Waals surface area (Å²) in [6, 6.07) is 2.60. The van der Waals surface area contributed by atoms with Crippen LogP contribution in [0.25, 0.3) is 0 Å². The fourth-order valence-electron chi connectivity index (χ4n) is 1.06.